The van der Waals surface area contributed by atoms with Crippen LogP contribution >= 0.6 is 0 Å². The van der Waals surface area contributed by atoms with Crippen molar-refractivity contribution in [1.82, 2.24) is 9.62 Å². The van der Waals surface area contributed by atoms with Crippen molar-refractivity contribution in [3.8, 4) is 11.8 Å². The second-order valence-electron chi connectivity index (χ2n) is 6.04. The molecular formula is C21H23N3O4S. The van der Waals surface area contributed by atoms with E-state index in [1.165, 1.54) is 28.6 Å². The van der Waals surface area contributed by atoms with Crippen LogP contribution in [0.5, 0.6) is 0 Å². The second-order valence-corrected chi connectivity index (χ2v) is 7.98. The van der Waals surface area contributed by atoms with Crippen LogP contribution in [0.1, 0.15) is 40.1 Å². The molecule has 3 N–H and O–H groups in total. The van der Waals surface area contributed by atoms with E-state index in [9.17, 15) is 18.0 Å². The van der Waals surface area contributed by atoms with E-state index in [2.05, 4.69) is 17.2 Å². The van der Waals surface area contributed by atoms with E-state index in [1.54, 1.807) is 38.1 Å². The number of rotatable bonds is 7. The molecule has 7 nitrogen and oxygen atoms in total. The lowest BCUT2D eigenvalue weighted by molar-refractivity contribution is 0.0957. The normalized spacial score (nSPS) is 10.9. The van der Waals surface area contributed by atoms with E-state index in [0.717, 1.165) is 0 Å². The molecule has 0 aromatic heterocycles. The van der Waals surface area contributed by atoms with Crippen LogP contribution in [-0.4, -0.2) is 44.2 Å². The molecule has 0 aliphatic carbocycles. The molecular weight excluding hydrogens is 390 g/mol. The van der Waals surface area contributed by atoms with Crippen molar-refractivity contribution < 1.29 is 18.0 Å². The molecule has 2 rings (SSSR count). The van der Waals surface area contributed by atoms with Gasteiger partial charge in [-0.15, -0.1) is 0 Å². The molecule has 0 aliphatic rings. The number of hydrogen-bond donors (Lipinski definition) is 2. The van der Waals surface area contributed by atoms with Crippen molar-refractivity contribution in [1.29, 1.82) is 0 Å². The van der Waals surface area contributed by atoms with Crippen molar-refractivity contribution in [2.45, 2.75) is 18.7 Å². The minimum Gasteiger partial charge on any atom is -0.366 e. The van der Waals surface area contributed by atoms with Crippen LogP contribution in [0.25, 0.3) is 0 Å². The number of amides is 2. The average Bonchev–Trinajstić information content (AvgIpc) is 2.72. The molecule has 2 amide bonds. The first-order chi connectivity index (χ1) is 13.8. The minimum atomic E-state index is -3.55. The Morgan fingerprint density at radius 1 is 0.966 bits per heavy atom. The zero-order chi connectivity index (χ0) is 21.4. The van der Waals surface area contributed by atoms with Crippen molar-refractivity contribution in [3.63, 3.8) is 0 Å². The van der Waals surface area contributed by atoms with Crippen molar-refractivity contribution in [3.05, 3.63) is 65.2 Å². The molecule has 0 aliphatic heterocycles. The van der Waals surface area contributed by atoms with Crippen LogP contribution in [0.4, 0.5) is 0 Å². The summed E-state index contributed by atoms with van der Waals surface area (Å²) in [5, 5.41) is 2.66. The molecule has 2 aromatic carbocycles. The highest BCUT2D eigenvalue weighted by Crippen LogP contribution is 2.16. The Morgan fingerprint density at radius 2 is 1.52 bits per heavy atom. The summed E-state index contributed by atoms with van der Waals surface area (Å²) < 4.78 is 26.3. The lowest BCUT2D eigenvalue weighted by atomic mass is 10.1. The molecule has 2 aromatic rings. The van der Waals surface area contributed by atoms with E-state index in [4.69, 9.17) is 5.73 Å². The largest absolute Gasteiger partial charge is 0.366 e. The molecule has 0 bridgehead atoms. The fourth-order valence-electron chi connectivity index (χ4n) is 2.58. The Kier molecular flexibility index (Phi) is 7.53. The Bertz CT molecular complexity index is 1030. The maximum absolute atomic E-state index is 12.5. The molecule has 0 heterocycles. The summed E-state index contributed by atoms with van der Waals surface area (Å²) in [6, 6.07) is 12.3. The highest BCUT2D eigenvalue weighted by molar-refractivity contribution is 7.89. The number of primary amides is 1. The van der Waals surface area contributed by atoms with Gasteiger partial charge in [-0.1, -0.05) is 25.7 Å². The second kappa shape index (κ2) is 9.87. The summed E-state index contributed by atoms with van der Waals surface area (Å²) in [4.78, 5) is 23.4. The van der Waals surface area contributed by atoms with Gasteiger partial charge in [0.1, 0.15) is 0 Å². The minimum absolute atomic E-state index is 0.121. The number of hydrogen-bond acceptors (Lipinski definition) is 4. The molecule has 29 heavy (non-hydrogen) atoms. The summed E-state index contributed by atoms with van der Waals surface area (Å²) in [5.74, 6) is 4.83. The van der Waals surface area contributed by atoms with Crippen LogP contribution in [0.3, 0.4) is 0 Å². The van der Waals surface area contributed by atoms with Gasteiger partial charge in [-0.25, -0.2) is 8.42 Å². The molecule has 8 heteroatoms. The third-order valence-corrected chi connectivity index (χ3v) is 6.26. The molecule has 0 saturated heterocycles. The first kappa shape index (κ1) is 22.1. The van der Waals surface area contributed by atoms with Crippen molar-refractivity contribution >= 4 is 21.8 Å². The maximum Gasteiger partial charge on any atom is 0.252 e. The quantitative estimate of drug-likeness (QED) is 0.672. The lowest BCUT2D eigenvalue weighted by Gasteiger charge is -2.18. The van der Waals surface area contributed by atoms with Crippen LogP contribution in [0.2, 0.25) is 0 Å². The molecule has 0 spiro atoms. The van der Waals surface area contributed by atoms with E-state index >= 15 is 0 Å². The van der Waals surface area contributed by atoms with Gasteiger partial charge in [0.25, 0.3) is 5.91 Å². The molecule has 0 unspecified atom stereocenters. The Balaban J connectivity index is 1.97. The number of carbonyl (C=O) groups is 2. The van der Waals surface area contributed by atoms with Gasteiger partial charge in [0.15, 0.2) is 0 Å². The standard InChI is InChI=1S/C21H23N3O4S/c1-3-24(4-2)29(27,28)19-13-11-18(12-14-19)21(26)23-15-5-6-16-7-9-17(10-8-16)20(22)25/h7-14H,3-4,15H2,1-2H3,(H2,22,25)(H,23,26). The van der Waals surface area contributed by atoms with E-state index in [1.807, 2.05) is 0 Å². The van der Waals surface area contributed by atoms with E-state index in [0.29, 0.717) is 29.8 Å². The lowest BCUT2D eigenvalue weighted by Crippen LogP contribution is -2.30. The highest BCUT2D eigenvalue weighted by atomic mass is 32.2. The summed E-state index contributed by atoms with van der Waals surface area (Å²) in [7, 11) is -3.55. The number of sulfonamides is 1. The monoisotopic (exact) mass is 413 g/mol. The van der Waals surface area contributed by atoms with Gasteiger partial charge in [-0.2, -0.15) is 4.31 Å². The third kappa shape index (κ3) is 5.67. The van der Waals surface area contributed by atoms with Gasteiger partial charge in [-0.3, -0.25) is 9.59 Å². The van der Waals surface area contributed by atoms with Crippen LogP contribution in [0.15, 0.2) is 53.4 Å². The summed E-state index contributed by atoms with van der Waals surface area (Å²) in [5.41, 5.74) is 6.61. The van der Waals surface area contributed by atoms with Gasteiger partial charge in [0.2, 0.25) is 15.9 Å². The number of nitrogens with two attached hydrogens (primary N) is 1. The van der Waals surface area contributed by atoms with Crippen LogP contribution in [-0.2, 0) is 10.0 Å². The average molecular weight is 413 g/mol. The van der Waals surface area contributed by atoms with E-state index in [-0.39, 0.29) is 17.3 Å². The Hall–Kier alpha value is -3.15. The molecule has 0 atom stereocenters. The zero-order valence-electron chi connectivity index (χ0n) is 16.3. The van der Waals surface area contributed by atoms with Gasteiger partial charge < -0.3 is 11.1 Å². The number of benzene rings is 2. The molecule has 0 saturated carbocycles. The molecule has 0 fully saturated rings. The van der Waals surface area contributed by atoms with Crippen molar-refractivity contribution in [2.24, 2.45) is 5.73 Å². The topological polar surface area (TPSA) is 110 Å². The number of nitrogens with one attached hydrogen (secondary N) is 1. The van der Waals surface area contributed by atoms with Crippen LogP contribution < -0.4 is 11.1 Å². The first-order valence-electron chi connectivity index (χ1n) is 9.06. The molecule has 152 valence electrons. The predicted octanol–water partition coefficient (Wildman–Crippen LogP) is 1.60. The Morgan fingerprint density at radius 3 is 2.03 bits per heavy atom. The van der Waals surface area contributed by atoms with Crippen molar-refractivity contribution in [2.75, 3.05) is 19.6 Å². The molecule has 0 radical (unpaired) electrons. The smallest absolute Gasteiger partial charge is 0.252 e. The third-order valence-electron chi connectivity index (χ3n) is 4.20. The van der Waals surface area contributed by atoms with Gasteiger partial charge in [-0.05, 0) is 48.5 Å². The SMILES string of the molecule is CCN(CC)S(=O)(=O)c1ccc(C(=O)NCC#Cc2ccc(C(N)=O)cc2)cc1. The summed E-state index contributed by atoms with van der Waals surface area (Å²) in [6.07, 6.45) is 0. The highest BCUT2D eigenvalue weighted by Gasteiger charge is 2.21. The van der Waals surface area contributed by atoms with Gasteiger partial charge in [0.05, 0.1) is 11.4 Å². The van der Waals surface area contributed by atoms with Gasteiger partial charge in [0, 0.05) is 29.8 Å². The Labute approximate surface area is 171 Å². The predicted molar refractivity (Wildman–Crippen MR) is 111 cm³/mol. The number of carbonyl (C=O) groups excluding carboxylic acids is 2. The summed E-state index contributed by atoms with van der Waals surface area (Å²) in [6.45, 7) is 4.43. The fraction of sp³-hybridized carbons (Fsp3) is 0.238. The maximum atomic E-state index is 12.5. The first-order valence-corrected chi connectivity index (χ1v) is 10.5. The van der Waals surface area contributed by atoms with Gasteiger partial charge >= 0.3 is 0 Å². The fourth-order valence-corrected chi connectivity index (χ4v) is 4.04. The summed E-state index contributed by atoms with van der Waals surface area (Å²) >= 11 is 0. The van der Waals surface area contributed by atoms with Crippen LogP contribution in [0, 0.1) is 11.8 Å². The van der Waals surface area contributed by atoms with E-state index < -0.39 is 15.9 Å². The zero-order valence-corrected chi connectivity index (χ0v) is 17.1. The number of nitrogens with zero attached hydrogens (tertiary/aromatic N) is 1.